The summed E-state index contributed by atoms with van der Waals surface area (Å²) in [6, 6.07) is 8.19. The van der Waals surface area contributed by atoms with Gasteiger partial charge in [0.05, 0.1) is 21.8 Å². The number of nitrogens with two attached hydrogens (primary N) is 1. The van der Waals surface area contributed by atoms with E-state index in [0.29, 0.717) is 37.2 Å². The van der Waals surface area contributed by atoms with Crippen LogP contribution in [0, 0.1) is 10.1 Å². The predicted octanol–water partition coefficient (Wildman–Crippen LogP) is 2.17. The van der Waals surface area contributed by atoms with Crippen molar-refractivity contribution in [2.75, 3.05) is 18.0 Å². The zero-order valence-electron chi connectivity index (χ0n) is 17.6. The fourth-order valence-corrected chi connectivity index (χ4v) is 4.76. The molecule has 11 nitrogen and oxygen atoms in total. The SMILES string of the molecule is CC(=O)Oc1ccc2c(c1)C(=O)CC1(CCN(c3ccc(S(N)(=O)=O)cc3[N+](=O)[O-])CC1)O2. The highest BCUT2D eigenvalue weighted by molar-refractivity contribution is 7.89. The molecule has 174 valence electrons. The second-order valence-corrected chi connectivity index (χ2v) is 9.64. The van der Waals surface area contributed by atoms with Crippen LogP contribution in [0.2, 0.25) is 0 Å². The van der Waals surface area contributed by atoms with Gasteiger partial charge in [0.25, 0.3) is 5.69 Å². The van der Waals surface area contributed by atoms with Gasteiger partial charge in [0.15, 0.2) is 5.78 Å². The molecule has 0 unspecified atom stereocenters. The Balaban J connectivity index is 1.54. The molecule has 0 bridgehead atoms. The number of carbonyl (C=O) groups is 2. The minimum absolute atomic E-state index is 0.129. The molecule has 4 rings (SSSR count). The van der Waals surface area contributed by atoms with Crippen LogP contribution in [0.1, 0.15) is 36.5 Å². The molecule has 0 aromatic heterocycles. The van der Waals surface area contributed by atoms with Crippen molar-refractivity contribution in [3.63, 3.8) is 0 Å². The van der Waals surface area contributed by atoms with E-state index in [1.807, 2.05) is 0 Å². The first kappa shape index (κ1) is 22.7. The molecule has 2 aromatic rings. The standard InChI is InChI=1S/C21H21N3O8S/c1-13(25)31-14-2-5-20-16(10-14)19(26)12-21(32-20)6-8-23(9-7-21)17-4-3-15(33(22,29)30)11-18(17)24(27)28/h2-5,10-11H,6-9,12H2,1H3,(H2,22,29,30). The van der Waals surface area contributed by atoms with Crippen LogP contribution in [0.5, 0.6) is 11.5 Å². The van der Waals surface area contributed by atoms with E-state index in [1.165, 1.54) is 25.1 Å². The summed E-state index contributed by atoms with van der Waals surface area (Å²) >= 11 is 0. The lowest BCUT2D eigenvalue weighted by molar-refractivity contribution is -0.384. The maximum Gasteiger partial charge on any atom is 0.308 e. The Kier molecular flexibility index (Phi) is 5.58. The van der Waals surface area contributed by atoms with E-state index in [2.05, 4.69) is 0 Å². The zero-order chi connectivity index (χ0) is 24.0. The number of hydrogen-bond acceptors (Lipinski definition) is 9. The molecule has 2 N–H and O–H groups in total. The smallest absolute Gasteiger partial charge is 0.308 e. The van der Waals surface area contributed by atoms with Gasteiger partial charge in [0.1, 0.15) is 22.8 Å². The summed E-state index contributed by atoms with van der Waals surface area (Å²) in [5.74, 6) is 0.0367. The number of benzene rings is 2. The van der Waals surface area contributed by atoms with Crippen LogP contribution in [0.4, 0.5) is 11.4 Å². The normalized spacial score (nSPS) is 17.3. The molecule has 0 radical (unpaired) electrons. The molecule has 2 heterocycles. The average molecular weight is 475 g/mol. The first-order valence-electron chi connectivity index (χ1n) is 10.1. The summed E-state index contributed by atoms with van der Waals surface area (Å²) in [6.45, 7) is 2.00. The maximum absolute atomic E-state index is 12.8. The van der Waals surface area contributed by atoms with Gasteiger partial charge in [0, 0.05) is 38.9 Å². The minimum Gasteiger partial charge on any atom is -0.486 e. The molecular weight excluding hydrogens is 454 g/mol. The summed E-state index contributed by atoms with van der Waals surface area (Å²) in [7, 11) is -4.08. The number of fused-ring (bicyclic) bond motifs is 1. The number of Topliss-reactive ketones (excluding diaryl/α,β-unsaturated/α-hetero) is 1. The Morgan fingerprint density at radius 3 is 2.52 bits per heavy atom. The number of esters is 1. The molecule has 2 aromatic carbocycles. The monoisotopic (exact) mass is 475 g/mol. The van der Waals surface area contributed by atoms with Gasteiger partial charge in [-0.2, -0.15) is 0 Å². The minimum atomic E-state index is -4.08. The summed E-state index contributed by atoms with van der Waals surface area (Å²) in [5, 5.41) is 16.7. The van der Waals surface area contributed by atoms with E-state index in [-0.39, 0.29) is 34.2 Å². The molecule has 1 spiro atoms. The van der Waals surface area contributed by atoms with Crippen molar-refractivity contribution in [1.82, 2.24) is 0 Å². The first-order chi connectivity index (χ1) is 15.5. The van der Waals surface area contributed by atoms with Gasteiger partial charge in [0.2, 0.25) is 10.0 Å². The largest absolute Gasteiger partial charge is 0.486 e. The Labute approximate surface area is 189 Å². The van der Waals surface area contributed by atoms with Gasteiger partial charge in [-0.25, -0.2) is 13.6 Å². The number of hydrogen-bond donors (Lipinski definition) is 1. The molecule has 0 saturated carbocycles. The summed E-state index contributed by atoms with van der Waals surface area (Å²) in [5.41, 5.74) is -0.493. The Morgan fingerprint density at radius 2 is 1.91 bits per heavy atom. The van der Waals surface area contributed by atoms with E-state index in [0.717, 1.165) is 6.07 Å². The lowest BCUT2D eigenvalue weighted by Crippen LogP contribution is -2.51. The first-order valence-corrected chi connectivity index (χ1v) is 11.6. The molecule has 0 aliphatic carbocycles. The molecule has 2 aliphatic rings. The van der Waals surface area contributed by atoms with Crippen LogP contribution in [-0.2, 0) is 14.8 Å². The maximum atomic E-state index is 12.8. The number of nitrogens with zero attached hydrogens (tertiary/aromatic N) is 2. The van der Waals surface area contributed by atoms with Crippen LogP contribution >= 0.6 is 0 Å². The number of nitro groups is 1. The van der Waals surface area contributed by atoms with E-state index in [4.69, 9.17) is 14.6 Å². The highest BCUT2D eigenvalue weighted by Gasteiger charge is 2.43. The molecule has 0 atom stereocenters. The third-order valence-corrected chi connectivity index (χ3v) is 6.72. The second-order valence-electron chi connectivity index (χ2n) is 8.08. The van der Waals surface area contributed by atoms with Gasteiger partial charge in [-0.3, -0.25) is 19.7 Å². The number of sulfonamides is 1. The molecule has 1 fully saturated rings. The summed E-state index contributed by atoms with van der Waals surface area (Å²) in [4.78, 5) is 36.3. The third-order valence-electron chi connectivity index (χ3n) is 5.81. The van der Waals surface area contributed by atoms with Gasteiger partial charge < -0.3 is 14.4 Å². The second kappa shape index (κ2) is 8.12. The molecule has 0 amide bonds. The fraction of sp³-hybridized carbons (Fsp3) is 0.333. The van der Waals surface area contributed by atoms with Crippen LogP contribution in [0.15, 0.2) is 41.3 Å². The summed E-state index contributed by atoms with van der Waals surface area (Å²) < 4.78 is 34.4. The van der Waals surface area contributed by atoms with Gasteiger partial charge in [-0.1, -0.05) is 0 Å². The lowest BCUT2D eigenvalue weighted by Gasteiger charge is -2.44. The van der Waals surface area contributed by atoms with Crippen LogP contribution < -0.4 is 19.5 Å². The van der Waals surface area contributed by atoms with Gasteiger partial charge >= 0.3 is 5.97 Å². The number of primary sulfonamides is 1. The van der Waals surface area contributed by atoms with Crippen molar-refractivity contribution in [3.8, 4) is 11.5 Å². The van der Waals surface area contributed by atoms with Crippen molar-refractivity contribution in [2.24, 2.45) is 5.14 Å². The Hall–Kier alpha value is -3.51. The lowest BCUT2D eigenvalue weighted by atomic mass is 9.82. The van der Waals surface area contributed by atoms with Gasteiger partial charge in [-0.15, -0.1) is 0 Å². The van der Waals surface area contributed by atoms with Crippen molar-refractivity contribution in [2.45, 2.75) is 36.7 Å². The summed E-state index contributed by atoms with van der Waals surface area (Å²) in [6.07, 6.45) is 0.986. The average Bonchev–Trinajstić information content (AvgIpc) is 2.73. The van der Waals surface area contributed by atoms with Crippen LogP contribution in [0.3, 0.4) is 0 Å². The van der Waals surface area contributed by atoms with Gasteiger partial charge in [-0.05, 0) is 30.3 Å². The van der Waals surface area contributed by atoms with E-state index >= 15 is 0 Å². The van der Waals surface area contributed by atoms with Crippen molar-refractivity contribution >= 4 is 33.2 Å². The molecular formula is C21H21N3O8S. The predicted molar refractivity (Wildman–Crippen MR) is 116 cm³/mol. The number of piperidine rings is 1. The van der Waals surface area contributed by atoms with Crippen LogP contribution in [-0.4, -0.2) is 43.8 Å². The molecule has 33 heavy (non-hydrogen) atoms. The van der Waals surface area contributed by atoms with Crippen LogP contribution in [0.25, 0.3) is 0 Å². The molecule has 1 saturated heterocycles. The van der Waals surface area contributed by atoms with Crippen molar-refractivity contribution < 1.29 is 32.4 Å². The van der Waals surface area contributed by atoms with E-state index in [9.17, 15) is 28.1 Å². The number of anilines is 1. The topological polar surface area (TPSA) is 159 Å². The fourth-order valence-electron chi connectivity index (χ4n) is 4.23. The van der Waals surface area contributed by atoms with Crippen molar-refractivity contribution in [3.05, 3.63) is 52.1 Å². The molecule has 2 aliphatic heterocycles. The Morgan fingerprint density at radius 1 is 1.21 bits per heavy atom. The quantitative estimate of drug-likeness (QED) is 0.302. The number of rotatable bonds is 4. The number of carbonyl (C=O) groups excluding carboxylic acids is 2. The van der Waals surface area contributed by atoms with E-state index in [1.54, 1.807) is 17.0 Å². The highest BCUT2D eigenvalue weighted by atomic mass is 32.2. The highest BCUT2D eigenvalue weighted by Crippen LogP contribution is 2.42. The number of ketones is 1. The van der Waals surface area contributed by atoms with E-state index < -0.39 is 26.5 Å². The van der Waals surface area contributed by atoms with Crippen molar-refractivity contribution in [1.29, 1.82) is 0 Å². The third kappa shape index (κ3) is 4.52. The zero-order valence-corrected chi connectivity index (χ0v) is 18.5. The molecule has 12 heteroatoms. The number of nitro benzene ring substituents is 1. The Bertz CT molecular complexity index is 1270. The number of ether oxygens (including phenoxy) is 2.